The van der Waals surface area contributed by atoms with Crippen LogP contribution in [0.4, 0.5) is 0 Å². The number of carbonyl (C=O) groups is 1. The lowest BCUT2D eigenvalue weighted by Gasteiger charge is -1.99. The lowest BCUT2D eigenvalue weighted by atomic mass is 10.1. The lowest BCUT2D eigenvalue weighted by molar-refractivity contribution is 0.0697. The Balaban J connectivity index is 1.65. The van der Waals surface area contributed by atoms with E-state index in [1.165, 1.54) is 17.3 Å². The molecule has 1 heterocycles. The van der Waals surface area contributed by atoms with Crippen LogP contribution in [0.1, 0.15) is 21.5 Å². The van der Waals surface area contributed by atoms with Gasteiger partial charge in [0.25, 0.3) is 5.22 Å². The minimum atomic E-state index is -0.927. The summed E-state index contributed by atoms with van der Waals surface area (Å²) in [6.07, 6.45) is 0. The first kappa shape index (κ1) is 15.3. The summed E-state index contributed by atoms with van der Waals surface area (Å²) < 4.78 is 5.24. The van der Waals surface area contributed by atoms with E-state index in [0.717, 1.165) is 11.1 Å². The van der Waals surface area contributed by atoms with Gasteiger partial charge in [0.15, 0.2) is 0 Å². The molecule has 0 amide bonds. The van der Waals surface area contributed by atoms with Crippen molar-refractivity contribution >= 4 is 17.7 Å². The van der Waals surface area contributed by atoms with Crippen LogP contribution in [-0.2, 0) is 5.75 Å². The van der Waals surface area contributed by atoms with E-state index in [9.17, 15) is 4.79 Å². The SMILES string of the molecule is Cc1ccc(-c2noc(SCc3ccc(C(=O)O)cc3)n2)cc1. The van der Waals surface area contributed by atoms with Gasteiger partial charge in [-0.3, -0.25) is 0 Å². The van der Waals surface area contributed by atoms with Crippen molar-refractivity contribution in [1.29, 1.82) is 0 Å². The molecule has 0 radical (unpaired) electrons. The molecule has 0 atom stereocenters. The molecule has 3 aromatic rings. The first-order valence-corrected chi connectivity index (χ1v) is 7.96. The second-order valence-electron chi connectivity index (χ2n) is 5.04. The molecule has 0 aliphatic heterocycles. The number of hydrogen-bond acceptors (Lipinski definition) is 5. The molecule has 0 spiro atoms. The molecule has 5 nitrogen and oxygen atoms in total. The number of aromatic carboxylic acids is 1. The molecule has 0 saturated heterocycles. The number of aryl methyl sites for hydroxylation is 1. The monoisotopic (exact) mass is 326 g/mol. The van der Waals surface area contributed by atoms with E-state index in [2.05, 4.69) is 10.1 Å². The number of carboxylic acids is 1. The zero-order valence-electron chi connectivity index (χ0n) is 12.4. The van der Waals surface area contributed by atoms with Gasteiger partial charge >= 0.3 is 5.97 Å². The van der Waals surface area contributed by atoms with Gasteiger partial charge in [0.2, 0.25) is 5.82 Å². The Morgan fingerprint density at radius 1 is 1.13 bits per heavy atom. The predicted octanol–water partition coefficient (Wildman–Crippen LogP) is 4.04. The third-order valence-corrected chi connectivity index (χ3v) is 4.17. The summed E-state index contributed by atoms with van der Waals surface area (Å²) in [5.74, 6) is 0.271. The molecule has 3 rings (SSSR count). The molecule has 6 heteroatoms. The average molecular weight is 326 g/mol. The van der Waals surface area contributed by atoms with Crippen LogP contribution in [0.2, 0.25) is 0 Å². The number of aromatic nitrogens is 2. The van der Waals surface area contributed by atoms with Crippen molar-refractivity contribution in [2.45, 2.75) is 17.9 Å². The summed E-state index contributed by atoms with van der Waals surface area (Å²) in [6.45, 7) is 2.02. The van der Waals surface area contributed by atoms with Gasteiger partial charge < -0.3 is 9.63 Å². The lowest BCUT2D eigenvalue weighted by Crippen LogP contribution is -1.95. The second kappa shape index (κ2) is 6.66. The van der Waals surface area contributed by atoms with E-state index in [0.29, 0.717) is 16.8 Å². The number of benzene rings is 2. The third-order valence-electron chi connectivity index (χ3n) is 3.28. The van der Waals surface area contributed by atoms with Crippen molar-refractivity contribution in [2.24, 2.45) is 0 Å². The summed E-state index contributed by atoms with van der Waals surface area (Å²) in [5.41, 5.74) is 3.36. The first-order valence-electron chi connectivity index (χ1n) is 6.97. The number of nitrogens with zero attached hydrogens (tertiary/aromatic N) is 2. The molecule has 116 valence electrons. The molecule has 1 N–H and O–H groups in total. The first-order chi connectivity index (χ1) is 11.1. The molecule has 0 unspecified atom stereocenters. The van der Waals surface area contributed by atoms with Gasteiger partial charge in [-0.15, -0.1) is 0 Å². The van der Waals surface area contributed by atoms with Gasteiger partial charge in [-0.1, -0.05) is 58.9 Å². The van der Waals surface area contributed by atoms with Gasteiger partial charge in [-0.25, -0.2) is 4.79 Å². The fraction of sp³-hybridized carbons (Fsp3) is 0.118. The number of hydrogen-bond donors (Lipinski definition) is 1. The Morgan fingerprint density at radius 2 is 1.83 bits per heavy atom. The van der Waals surface area contributed by atoms with Crippen LogP contribution in [0.3, 0.4) is 0 Å². The van der Waals surface area contributed by atoms with Crippen LogP contribution in [0.15, 0.2) is 58.3 Å². The molecule has 0 aliphatic carbocycles. The van der Waals surface area contributed by atoms with Gasteiger partial charge in [-0.2, -0.15) is 4.98 Å². The van der Waals surface area contributed by atoms with Crippen LogP contribution in [-0.4, -0.2) is 21.2 Å². The Kier molecular flexibility index (Phi) is 4.43. The zero-order chi connectivity index (χ0) is 16.2. The summed E-state index contributed by atoms with van der Waals surface area (Å²) in [6, 6.07) is 14.7. The molecule has 0 bridgehead atoms. The molecule has 0 saturated carbocycles. The van der Waals surface area contributed by atoms with E-state index in [1.54, 1.807) is 24.3 Å². The van der Waals surface area contributed by atoms with E-state index in [4.69, 9.17) is 9.63 Å². The highest BCUT2D eigenvalue weighted by Gasteiger charge is 2.09. The topological polar surface area (TPSA) is 76.2 Å². The van der Waals surface area contributed by atoms with Gasteiger partial charge in [0.05, 0.1) is 5.56 Å². The Labute approximate surface area is 137 Å². The molecule has 23 heavy (non-hydrogen) atoms. The zero-order valence-corrected chi connectivity index (χ0v) is 13.2. The standard InChI is InChI=1S/C17H14N2O3S/c1-11-2-6-13(7-3-11)15-18-17(22-19-15)23-10-12-4-8-14(9-5-12)16(20)21/h2-9H,10H2,1H3,(H,20,21). The van der Waals surface area contributed by atoms with Crippen molar-refractivity contribution in [3.63, 3.8) is 0 Å². The van der Waals surface area contributed by atoms with Crippen LogP contribution < -0.4 is 0 Å². The average Bonchev–Trinajstić information content (AvgIpc) is 3.03. The fourth-order valence-electron chi connectivity index (χ4n) is 1.98. The molecular formula is C17H14N2O3S. The largest absolute Gasteiger partial charge is 0.478 e. The van der Waals surface area contributed by atoms with Crippen molar-refractivity contribution in [3.05, 3.63) is 65.2 Å². The Hall–Kier alpha value is -2.60. The third kappa shape index (κ3) is 3.78. The highest BCUT2D eigenvalue weighted by molar-refractivity contribution is 7.98. The highest BCUT2D eigenvalue weighted by Crippen LogP contribution is 2.24. The summed E-state index contributed by atoms with van der Waals surface area (Å²) in [4.78, 5) is 15.2. The number of rotatable bonds is 5. The van der Waals surface area contributed by atoms with E-state index in [1.807, 2.05) is 31.2 Å². The highest BCUT2D eigenvalue weighted by atomic mass is 32.2. The maximum Gasteiger partial charge on any atom is 0.335 e. The minimum absolute atomic E-state index is 0.276. The second-order valence-corrected chi connectivity index (χ2v) is 5.97. The van der Waals surface area contributed by atoms with E-state index < -0.39 is 5.97 Å². The maximum absolute atomic E-state index is 10.8. The number of thioether (sulfide) groups is 1. The van der Waals surface area contributed by atoms with Crippen molar-refractivity contribution < 1.29 is 14.4 Å². The van der Waals surface area contributed by atoms with Crippen LogP contribution in [0.5, 0.6) is 0 Å². The van der Waals surface area contributed by atoms with Crippen LogP contribution in [0, 0.1) is 6.92 Å². The molecule has 1 aromatic heterocycles. The van der Waals surface area contributed by atoms with Crippen molar-refractivity contribution in [1.82, 2.24) is 10.1 Å². The molecule has 0 aliphatic rings. The fourth-order valence-corrected chi connectivity index (χ4v) is 2.70. The molecule has 2 aromatic carbocycles. The maximum atomic E-state index is 10.8. The van der Waals surface area contributed by atoms with Gasteiger partial charge in [0.1, 0.15) is 0 Å². The summed E-state index contributed by atoms with van der Waals surface area (Å²) in [5, 5.41) is 13.3. The van der Waals surface area contributed by atoms with E-state index >= 15 is 0 Å². The summed E-state index contributed by atoms with van der Waals surface area (Å²) >= 11 is 1.42. The quantitative estimate of drug-likeness (QED) is 0.713. The summed E-state index contributed by atoms with van der Waals surface area (Å²) in [7, 11) is 0. The molecular weight excluding hydrogens is 312 g/mol. The van der Waals surface area contributed by atoms with Crippen molar-refractivity contribution in [3.8, 4) is 11.4 Å². The van der Waals surface area contributed by atoms with Gasteiger partial charge in [-0.05, 0) is 24.6 Å². The predicted molar refractivity (Wildman–Crippen MR) is 87.4 cm³/mol. The van der Waals surface area contributed by atoms with E-state index in [-0.39, 0.29) is 5.56 Å². The minimum Gasteiger partial charge on any atom is -0.478 e. The number of carboxylic acid groups (broad SMARTS) is 1. The van der Waals surface area contributed by atoms with Crippen molar-refractivity contribution in [2.75, 3.05) is 0 Å². The van der Waals surface area contributed by atoms with Crippen LogP contribution in [0.25, 0.3) is 11.4 Å². The smallest absolute Gasteiger partial charge is 0.335 e. The Bertz CT molecular complexity index is 811. The normalized spacial score (nSPS) is 10.7. The molecule has 0 fully saturated rings. The Morgan fingerprint density at radius 3 is 2.48 bits per heavy atom. The van der Waals surface area contributed by atoms with Gasteiger partial charge in [0, 0.05) is 11.3 Å². The van der Waals surface area contributed by atoms with Crippen LogP contribution >= 0.6 is 11.8 Å².